The minimum atomic E-state index is 1.27. The fourth-order valence-corrected chi connectivity index (χ4v) is 3.53. The Bertz CT molecular complexity index is 634. The lowest BCUT2D eigenvalue weighted by Gasteiger charge is -2.13. The molecule has 2 rings (SSSR count). The molecule has 0 saturated carbocycles. The Morgan fingerprint density at radius 2 is 1.15 bits per heavy atom. The summed E-state index contributed by atoms with van der Waals surface area (Å²) < 4.78 is 2.62. The molecule has 0 N–H and O–H groups in total. The molecule has 0 aromatic heterocycles. The summed E-state index contributed by atoms with van der Waals surface area (Å²) in [6, 6.07) is 21.2. The van der Waals surface area contributed by atoms with E-state index < -0.39 is 0 Å². The first-order valence-corrected chi connectivity index (χ1v) is 8.61. The highest BCUT2D eigenvalue weighted by Crippen LogP contribution is 2.37. The second kappa shape index (κ2) is 7.41. The molecule has 0 amide bonds. The normalized spacial score (nSPS) is 13.6. The summed E-state index contributed by atoms with van der Waals surface area (Å²) in [7, 11) is 0. The quantitative estimate of drug-likeness (QED) is 0.334. The minimum Gasteiger partial charge on any atom is -0.0622 e. The molecule has 102 valence electrons. The Labute approximate surface area is 148 Å². The lowest BCUT2D eigenvalue weighted by atomic mass is 9.97. The van der Waals surface area contributed by atoms with E-state index in [1.807, 2.05) is 0 Å². The third-order valence-electron chi connectivity index (χ3n) is 3.14. The van der Waals surface area contributed by atoms with Gasteiger partial charge in [0.1, 0.15) is 0 Å². The smallest absolute Gasteiger partial charge is 0.0238 e. The highest BCUT2D eigenvalue weighted by Gasteiger charge is 2.11. The van der Waals surface area contributed by atoms with Gasteiger partial charge < -0.3 is 0 Å². The van der Waals surface area contributed by atoms with Gasteiger partial charge in [-0.05, 0) is 84.9 Å². The maximum atomic E-state index is 2.45. The van der Waals surface area contributed by atoms with Gasteiger partial charge >= 0.3 is 0 Å². The van der Waals surface area contributed by atoms with Crippen molar-refractivity contribution in [3.05, 3.63) is 80.9 Å². The molecule has 0 bridgehead atoms. The van der Waals surface area contributed by atoms with Crippen LogP contribution in [0, 0.1) is 0 Å². The number of halogens is 2. The summed E-state index contributed by atoms with van der Waals surface area (Å²) in [5.41, 5.74) is 5.22. The van der Waals surface area contributed by atoms with Crippen LogP contribution in [0.15, 0.2) is 69.8 Å². The van der Waals surface area contributed by atoms with Gasteiger partial charge in [-0.1, -0.05) is 60.7 Å². The van der Waals surface area contributed by atoms with Crippen molar-refractivity contribution >= 4 is 54.3 Å². The predicted molar refractivity (Wildman–Crippen MR) is 106 cm³/mol. The van der Waals surface area contributed by atoms with E-state index in [0.717, 1.165) is 0 Å². The van der Waals surface area contributed by atoms with Crippen LogP contribution >= 0.6 is 45.2 Å². The van der Waals surface area contributed by atoms with Gasteiger partial charge in [0, 0.05) is 3.58 Å². The Hall–Kier alpha value is -0.620. The van der Waals surface area contributed by atoms with Gasteiger partial charge in [-0.15, -0.1) is 0 Å². The summed E-state index contributed by atoms with van der Waals surface area (Å²) in [6.07, 6.45) is 0. The van der Waals surface area contributed by atoms with Crippen molar-refractivity contribution in [2.75, 3.05) is 0 Å². The van der Waals surface area contributed by atoms with E-state index in [0.29, 0.717) is 0 Å². The Morgan fingerprint density at radius 1 is 0.700 bits per heavy atom. The van der Waals surface area contributed by atoms with Crippen LogP contribution in [0.3, 0.4) is 0 Å². The van der Waals surface area contributed by atoms with Crippen LogP contribution in [0.25, 0.3) is 9.15 Å². The van der Waals surface area contributed by atoms with Gasteiger partial charge in [0.15, 0.2) is 0 Å². The largest absolute Gasteiger partial charge is 0.0622 e. The molecule has 0 heterocycles. The number of rotatable bonds is 3. The average Bonchev–Trinajstić information content (AvgIpc) is 2.48. The summed E-state index contributed by atoms with van der Waals surface area (Å²) in [5.74, 6) is 0. The molecule has 0 unspecified atom stereocenters. The molecule has 2 heteroatoms. The standard InChI is InChI=1S/C18H16I2/c1-13(18(20)16-11-7-4-8-12-16)17(14(2)19)15-9-5-3-6-10-15/h3-12H,1-2H3. The van der Waals surface area contributed by atoms with Crippen molar-refractivity contribution < 1.29 is 0 Å². The highest BCUT2D eigenvalue weighted by molar-refractivity contribution is 14.1. The third kappa shape index (κ3) is 3.73. The lowest BCUT2D eigenvalue weighted by molar-refractivity contribution is 1.48. The zero-order chi connectivity index (χ0) is 14.5. The third-order valence-corrected chi connectivity index (χ3v) is 5.11. The fraction of sp³-hybridized carbons (Fsp3) is 0.111. The molecule has 2 aromatic rings. The first kappa shape index (κ1) is 15.8. The molecule has 0 radical (unpaired) electrons. The topological polar surface area (TPSA) is 0 Å². The molecule has 0 saturated heterocycles. The molecule has 0 fully saturated rings. The number of benzene rings is 2. The Balaban J connectivity index is 2.54. The van der Waals surface area contributed by atoms with Crippen LogP contribution in [0.2, 0.25) is 0 Å². The van der Waals surface area contributed by atoms with Gasteiger partial charge in [-0.2, -0.15) is 0 Å². The van der Waals surface area contributed by atoms with Gasteiger partial charge in [0.2, 0.25) is 0 Å². The van der Waals surface area contributed by atoms with E-state index >= 15 is 0 Å². The van der Waals surface area contributed by atoms with Crippen LogP contribution < -0.4 is 0 Å². The minimum absolute atomic E-state index is 1.27. The molecule has 20 heavy (non-hydrogen) atoms. The molecular formula is C18H16I2. The van der Waals surface area contributed by atoms with E-state index in [4.69, 9.17) is 0 Å². The molecule has 0 aliphatic carbocycles. The molecule has 0 spiro atoms. The Morgan fingerprint density at radius 3 is 1.60 bits per heavy atom. The first-order valence-electron chi connectivity index (χ1n) is 6.45. The van der Waals surface area contributed by atoms with Gasteiger partial charge in [0.25, 0.3) is 0 Å². The molecule has 2 aromatic carbocycles. The van der Waals surface area contributed by atoms with E-state index in [1.54, 1.807) is 0 Å². The van der Waals surface area contributed by atoms with Gasteiger partial charge in [0.05, 0.1) is 0 Å². The van der Waals surface area contributed by atoms with Crippen LogP contribution in [0.5, 0.6) is 0 Å². The van der Waals surface area contributed by atoms with E-state index in [-0.39, 0.29) is 0 Å². The van der Waals surface area contributed by atoms with E-state index in [1.165, 1.54) is 29.4 Å². The van der Waals surface area contributed by atoms with Crippen LogP contribution in [-0.4, -0.2) is 0 Å². The monoisotopic (exact) mass is 486 g/mol. The number of hydrogen-bond acceptors (Lipinski definition) is 0. The lowest BCUT2D eigenvalue weighted by Crippen LogP contribution is -1.91. The second-order valence-electron chi connectivity index (χ2n) is 4.58. The second-order valence-corrected chi connectivity index (χ2v) is 7.28. The van der Waals surface area contributed by atoms with E-state index in [2.05, 4.69) is 120 Å². The van der Waals surface area contributed by atoms with Gasteiger partial charge in [-0.3, -0.25) is 0 Å². The zero-order valence-electron chi connectivity index (χ0n) is 11.5. The highest BCUT2D eigenvalue weighted by atomic mass is 127. The zero-order valence-corrected chi connectivity index (χ0v) is 15.8. The molecular weight excluding hydrogens is 470 g/mol. The van der Waals surface area contributed by atoms with Crippen molar-refractivity contribution in [2.24, 2.45) is 0 Å². The van der Waals surface area contributed by atoms with E-state index in [9.17, 15) is 0 Å². The van der Waals surface area contributed by atoms with Crippen LogP contribution in [0.4, 0.5) is 0 Å². The number of allylic oxidation sites excluding steroid dienone is 3. The summed E-state index contributed by atoms with van der Waals surface area (Å²) in [4.78, 5) is 0. The van der Waals surface area contributed by atoms with Crippen molar-refractivity contribution in [1.82, 2.24) is 0 Å². The maximum absolute atomic E-state index is 2.45. The SMILES string of the molecule is CC(I)=C(C(C)=C(I)c1ccccc1)c1ccccc1. The van der Waals surface area contributed by atoms with Crippen molar-refractivity contribution in [2.45, 2.75) is 13.8 Å². The van der Waals surface area contributed by atoms with Crippen molar-refractivity contribution in [3.63, 3.8) is 0 Å². The summed E-state index contributed by atoms with van der Waals surface area (Å²) in [6.45, 7) is 4.38. The number of hydrogen-bond donors (Lipinski definition) is 0. The van der Waals surface area contributed by atoms with Crippen molar-refractivity contribution in [3.8, 4) is 0 Å². The molecule has 0 nitrogen and oxygen atoms in total. The van der Waals surface area contributed by atoms with Gasteiger partial charge in [-0.25, -0.2) is 0 Å². The summed E-state index contributed by atoms with van der Waals surface area (Å²) >= 11 is 4.87. The fourth-order valence-electron chi connectivity index (χ4n) is 2.19. The summed E-state index contributed by atoms with van der Waals surface area (Å²) in [5, 5.41) is 0. The van der Waals surface area contributed by atoms with Crippen LogP contribution in [-0.2, 0) is 0 Å². The maximum Gasteiger partial charge on any atom is 0.0238 e. The predicted octanol–water partition coefficient (Wildman–Crippen LogP) is 6.72. The molecule has 0 atom stereocenters. The van der Waals surface area contributed by atoms with Crippen molar-refractivity contribution in [1.29, 1.82) is 0 Å². The average molecular weight is 486 g/mol. The first-order chi connectivity index (χ1) is 9.61. The Kier molecular flexibility index (Phi) is 5.84. The van der Waals surface area contributed by atoms with Crippen LogP contribution in [0.1, 0.15) is 25.0 Å². The molecule has 0 aliphatic rings. The molecule has 0 aliphatic heterocycles.